The third-order valence-corrected chi connectivity index (χ3v) is 11.9. The summed E-state index contributed by atoms with van der Waals surface area (Å²) in [7, 11) is 4.44. The lowest BCUT2D eigenvalue weighted by Crippen LogP contribution is -2.59. The summed E-state index contributed by atoms with van der Waals surface area (Å²) in [4.78, 5) is 111. The summed E-state index contributed by atoms with van der Waals surface area (Å²) in [5, 5.41) is 23.1. The van der Waals surface area contributed by atoms with Gasteiger partial charge in [-0.15, -0.1) is 0 Å². The first kappa shape index (κ1) is 46.6. The Labute approximate surface area is 339 Å². The molecule has 314 valence electrons. The van der Waals surface area contributed by atoms with Crippen LogP contribution in [0.4, 0.5) is 0 Å². The van der Waals surface area contributed by atoms with Gasteiger partial charge in [-0.05, 0) is 71.3 Å². The summed E-state index contributed by atoms with van der Waals surface area (Å²) in [6, 6.07) is 1.34. The van der Waals surface area contributed by atoms with Crippen molar-refractivity contribution < 1.29 is 43.5 Å². The van der Waals surface area contributed by atoms with Crippen LogP contribution in [-0.4, -0.2) is 142 Å². The first-order valence-corrected chi connectivity index (χ1v) is 21.4. The van der Waals surface area contributed by atoms with Gasteiger partial charge in [0, 0.05) is 41.6 Å². The molecule has 1 aromatic carbocycles. The number of para-hydroxylation sites is 1. The number of aliphatic carboxylic acids is 1. The molecule has 0 saturated carbocycles. The average molecular weight is 834 g/mol. The van der Waals surface area contributed by atoms with E-state index in [1.54, 1.807) is 6.20 Å². The van der Waals surface area contributed by atoms with Gasteiger partial charge in [0.15, 0.2) is 0 Å². The van der Waals surface area contributed by atoms with Crippen molar-refractivity contribution in [2.45, 2.75) is 89.5 Å². The predicted molar refractivity (Wildman–Crippen MR) is 218 cm³/mol. The summed E-state index contributed by atoms with van der Waals surface area (Å²) in [6.07, 6.45) is 2.90. The Hall–Kier alpha value is -4.82. The second-order valence-corrected chi connectivity index (χ2v) is 16.4. The van der Waals surface area contributed by atoms with Crippen molar-refractivity contribution in [3.63, 3.8) is 0 Å². The number of aromatic amines is 1. The molecule has 1 aromatic heterocycles. The molecule has 2 unspecified atom stereocenters. The maximum atomic E-state index is 14.0. The molecule has 2 heterocycles. The van der Waals surface area contributed by atoms with Crippen molar-refractivity contribution in [1.29, 1.82) is 0 Å². The summed E-state index contributed by atoms with van der Waals surface area (Å²) < 4.78 is 0. The minimum atomic E-state index is -1.64. The van der Waals surface area contributed by atoms with Gasteiger partial charge in [-0.25, -0.2) is 0 Å². The molecule has 7 amide bonds. The van der Waals surface area contributed by atoms with E-state index >= 15 is 0 Å². The average Bonchev–Trinajstić information content (AvgIpc) is 3.59. The second kappa shape index (κ2) is 23.4. The van der Waals surface area contributed by atoms with E-state index in [2.05, 4.69) is 36.5 Å². The number of H-pyrrole nitrogens is 1. The van der Waals surface area contributed by atoms with Gasteiger partial charge in [-0.2, -0.15) is 0 Å². The van der Waals surface area contributed by atoms with E-state index in [0.29, 0.717) is 18.6 Å². The molecule has 2 aromatic rings. The van der Waals surface area contributed by atoms with Gasteiger partial charge >= 0.3 is 5.97 Å². The Balaban J connectivity index is 1.87. The molecule has 1 aliphatic rings. The molecule has 3 rings (SSSR count). The van der Waals surface area contributed by atoms with E-state index in [-0.39, 0.29) is 25.1 Å². The zero-order chi connectivity index (χ0) is 42.1. The van der Waals surface area contributed by atoms with Crippen LogP contribution in [0.2, 0.25) is 0 Å². The molecular formula is C37H55N9O9S2. The number of primary amides is 1. The van der Waals surface area contributed by atoms with E-state index < -0.39 is 90.5 Å². The molecule has 1 aliphatic heterocycles. The number of carboxylic acid groups (broad SMARTS) is 1. The number of benzene rings is 1. The lowest BCUT2D eigenvalue weighted by molar-refractivity contribution is -0.144. The SMILES string of the molecule is CCN(C)CCCC[C@@H]1NC(=O)CCSSCC(C(N)=O)NC(=O)[C@H](C)N(CCc2c[nH]c3ccccc23)C(=O)[C@H](C)NC(=O)C(CC(=O)O)NC(=O)CNC1=O. The van der Waals surface area contributed by atoms with Crippen molar-refractivity contribution >= 4 is 79.8 Å². The van der Waals surface area contributed by atoms with Crippen LogP contribution in [0.25, 0.3) is 10.9 Å². The van der Waals surface area contributed by atoms with Crippen LogP contribution in [0.3, 0.4) is 0 Å². The van der Waals surface area contributed by atoms with Crippen molar-refractivity contribution in [2.24, 2.45) is 5.73 Å². The molecule has 0 spiro atoms. The molecule has 0 bridgehead atoms. The first-order valence-electron chi connectivity index (χ1n) is 18.9. The van der Waals surface area contributed by atoms with Gasteiger partial charge in [0.1, 0.15) is 30.2 Å². The standard InChI is InChI=1S/C37H55N9O9S2/c1-5-45(4)15-9-8-12-27-35(53)40-20-31(48)43-28(18-32(49)50)36(54)41-22(2)37(55)46(16-13-24-19-39-26-11-7-6-10-25(24)26)23(3)34(52)44-29(33(38)51)21-57-56-17-14-30(47)42-27/h6-7,10-11,19,22-23,27-29,39H,5,8-9,12-18,20-21H2,1-4H3,(H2,38,51)(H,40,53)(H,41,54)(H,42,47)(H,43,48)(H,44,52)(H,49,50)/t22-,23-,27-,28?,29?/m0/s1. The molecule has 1 saturated heterocycles. The van der Waals surface area contributed by atoms with Gasteiger partial charge in [0.25, 0.3) is 0 Å². The fourth-order valence-corrected chi connectivity index (χ4v) is 8.15. The van der Waals surface area contributed by atoms with Crippen LogP contribution >= 0.6 is 21.6 Å². The molecule has 1 fully saturated rings. The van der Waals surface area contributed by atoms with E-state index in [1.807, 2.05) is 38.2 Å². The highest BCUT2D eigenvalue weighted by Gasteiger charge is 2.34. The Morgan fingerprint density at radius 3 is 2.35 bits per heavy atom. The quantitative estimate of drug-likeness (QED) is 0.103. The number of aromatic nitrogens is 1. The second-order valence-electron chi connectivity index (χ2n) is 13.8. The van der Waals surface area contributed by atoms with E-state index in [0.717, 1.165) is 36.0 Å². The van der Waals surface area contributed by atoms with E-state index in [9.17, 15) is 43.5 Å². The van der Waals surface area contributed by atoms with Crippen molar-refractivity contribution in [3.05, 3.63) is 36.0 Å². The van der Waals surface area contributed by atoms with Crippen molar-refractivity contribution in [2.75, 3.05) is 44.7 Å². The van der Waals surface area contributed by atoms with Crippen molar-refractivity contribution in [3.8, 4) is 0 Å². The lowest BCUT2D eigenvalue weighted by atomic mass is 10.1. The van der Waals surface area contributed by atoms with Crippen molar-refractivity contribution in [1.82, 2.24) is 41.4 Å². The third kappa shape index (κ3) is 15.2. The number of carbonyl (C=O) groups is 8. The lowest BCUT2D eigenvalue weighted by Gasteiger charge is -2.32. The first-order chi connectivity index (χ1) is 27.1. The molecule has 5 atom stereocenters. The summed E-state index contributed by atoms with van der Waals surface area (Å²) in [5.41, 5.74) is 7.37. The molecule has 9 N–H and O–H groups in total. The number of rotatable bonds is 12. The van der Waals surface area contributed by atoms with Crippen LogP contribution < -0.4 is 32.3 Å². The fraction of sp³-hybridized carbons (Fsp3) is 0.568. The zero-order valence-corrected chi connectivity index (χ0v) is 34.4. The topological polar surface area (TPSA) is 265 Å². The van der Waals surface area contributed by atoms with Gasteiger partial charge in [0.2, 0.25) is 41.4 Å². The highest BCUT2D eigenvalue weighted by atomic mass is 33.1. The maximum Gasteiger partial charge on any atom is 0.305 e. The third-order valence-electron chi connectivity index (χ3n) is 9.47. The largest absolute Gasteiger partial charge is 0.481 e. The number of hydrogen-bond acceptors (Lipinski definition) is 11. The zero-order valence-electron chi connectivity index (χ0n) is 32.8. The smallest absolute Gasteiger partial charge is 0.305 e. The molecule has 0 radical (unpaired) electrons. The van der Waals surface area contributed by atoms with Gasteiger partial charge in [-0.3, -0.25) is 38.4 Å². The maximum absolute atomic E-state index is 14.0. The number of hydrogen-bond donors (Lipinski definition) is 8. The highest BCUT2D eigenvalue weighted by molar-refractivity contribution is 8.76. The Morgan fingerprint density at radius 2 is 1.65 bits per heavy atom. The number of unbranched alkanes of at least 4 members (excludes halogenated alkanes) is 1. The van der Waals surface area contributed by atoms with E-state index in [1.165, 1.54) is 40.3 Å². The molecule has 0 aliphatic carbocycles. The van der Waals surface area contributed by atoms with Gasteiger partial charge in [-0.1, -0.05) is 46.7 Å². The molecule has 18 nitrogen and oxygen atoms in total. The highest BCUT2D eigenvalue weighted by Crippen LogP contribution is 2.23. The van der Waals surface area contributed by atoms with Crippen LogP contribution in [0.5, 0.6) is 0 Å². The number of fused-ring (bicyclic) bond motifs is 1. The fourth-order valence-electron chi connectivity index (χ4n) is 5.98. The number of amides is 7. The molecule has 20 heteroatoms. The van der Waals surface area contributed by atoms with E-state index in [4.69, 9.17) is 5.73 Å². The summed E-state index contributed by atoms with van der Waals surface area (Å²) in [5.74, 6) is -6.18. The number of nitrogens with zero attached hydrogens (tertiary/aromatic N) is 2. The van der Waals surface area contributed by atoms with Gasteiger partial charge < -0.3 is 52.2 Å². The Morgan fingerprint density at radius 1 is 0.930 bits per heavy atom. The van der Waals surface area contributed by atoms with Gasteiger partial charge in [0.05, 0.1) is 13.0 Å². The summed E-state index contributed by atoms with van der Waals surface area (Å²) >= 11 is 0. The number of carbonyl (C=O) groups excluding carboxylic acids is 7. The number of nitrogens with one attached hydrogen (secondary N) is 6. The van der Waals surface area contributed by atoms with Crippen LogP contribution in [0.1, 0.15) is 58.4 Å². The molecular weight excluding hydrogens is 779 g/mol. The summed E-state index contributed by atoms with van der Waals surface area (Å²) in [6.45, 7) is 5.86. The minimum absolute atomic E-state index is 0.00908. The number of nitrogens with two attached hydrogens (primary N) is 1. The van der Waals surface area contributed by atoms with Crippen LogP contribution in [-0.2, 0) is 44.8 Å². The predicted octanol–water partition coefficient (Wildman–Crippen LogP) is -0.130. The monoisotopic (exact) mass is 833 g/mol. The Bertz CT molecular complexity index is 1740. The van der Waals surface area contributed by atoms with Crippen LogP contribution in [0.15, 0.2) is 30.5 Å². The molecule has 57 heavy (non-hydrogen) atoms. The Kier molecular flexibility index (Phi) is 19.1. The van der Waals surface area contributed by atoms with Crippen LogP contribution in [0, 0.1) is 0 Å². The normalized spacial score (nSPS) is 23.0. The minimum Gasteiger partial charge on any atom is -0.481 e. The number of carboxylic acids is 1.